The summed E-state index contributed by atoms with van der Waals surface area (Å²) < 4.78 is 6.01. The Morgan fingerprint density at radius 2 is 1.22 bits per heavy atom. The van der Waals surface area contributed by atoms with E-state index in [9.17, 15) is 14.4 Å². The van der Waals surface area contributed by atoms with Crippen LogP contribution in [0.5, 0.6) is 11.5 Å². The Hall–Kier alpha value is -4.51. The van der Waals surface area contributed by atoms with Crippen LogP contribution in [0.15, 0.2) is 91.0 Å². The first-order valence-corrected chi connectivity index (χ1v) is 10.0. The third-order valence-electron chi connectivity index (χ3n) is 5.45. The molecule has 0 aromatic heterocycles. The van der Waals surface area contributed by atoms with Crippen LogP contribution in [0, 0.1) is 0 Å². The van der Waals surface area contributed by atoms with E-state index in [-0.39, 0.29) is 50.8 Å². The van der Waals surface area contributed by atoms with Gasteiger partial charge in [0.15, 0.2) is 17.3 Å². The van der Waals surface area contributed by atoms with Crippen molar-refractivity contribution < 1.29 is 19.1 Å². The molecule has 5 heteroatoms. The number of para-hydroxylation sites is 1. The number of carbonyl (C=O) groups excluding carboxylic acids is 3. The van der Waals surface area contributed by atoms with Gasteiger partial charge in [-0.15, -0.1) is 0 Å². The van der Waals surface area contributed by atoms with Crippen LogP contribution in [0.2, 0.25) is 0 Å². The third-order valence-corrected chi connectivity index (χ3v) is 5.45. The van der Waals surface area contributed by atoms with E-state index < -0.39 is 5.78 Å². The average Bonchev–Trinajstić information content (AvgIpc) is 2.84. The van der Waals surface area contributed by atoms with E-state index >= 15 is 0 Å². The van der Waals surface area contributed by atoms with Gasteiger partial charge in [0.05, 0.1) is 16.8 Å². The molecule has 0 amide bonds. The fraction of sp³-hybridized carbons (Fsp3) is 0. The molecule has 0 atom stereocenters. The second-order valence-corrected chi connectivity index (χ2v) is 7.40. The van der Waals surface area contributed by atoms with Gasteiger partial charge in [0.2, 0.25) is 0 Å². The number of rotatable bonds is 4. The molecular formula is C27H17NO4. The average molecular weight is 419 g/mol. The maximum atomic E-state index is 13.4. The van der Waals surface area contributed by atoms with Gasteiger partial charge in [-0.1, -0.05) is 72.8 Å². The van der Waals surface area contributed by atoms with Crippen LogP contribution in [0.1, 0.15) is 47.8 Å². The minimum Gasteiger partial charge on any atom is -0.457 e. The van der Waals surface area contributed by atoms with Gasteiger partial charge >= 0.3 is 0 Å². The van der Waals surface area contributed by atoms with Gasteiger partial charge in [-0.05, 0) is 18.2 Å². The molecule has 1 aliphatic carbocycles. The Bertz CT molecular complexity index is 1390. The van der Waals surface area contributed by atoms with Gasteiger partial charge in [0.1, 0.15) is 11.5 Å². The van der Waals surface area contributed by atoms with E-state index in [0.717, 1.165) is 0 Å². The van der Waals surface area contributed by atoms with Crippen molar-refractivity contribution in [3.63, 3.8) is 0 Å². The summed E-state index contributed by atoms with van der Waals surface area (Å²) in [6.07, 6.45) is 0. The lowest BCUT2D eigenvalue weighted by molar-refractivity contribution is 0.0976. The summed E-state index contributed by atoms with van der Waals surface area (Å²) >= 11 is 0. The van der Waals surface area contributed by atoms with E-state index in [0.29, 0.717) is 11.3 Å². The summed E-state index contributed by atoms with van der Waals surface area (Å²) in [5.41, 5.74) is 7.48. The zero-order valence-corrected chi connectivity index (χ0v) is 16.9. The van der Waals surface area contributed by atoms with Crippen LogP contribution in [-0.4, -0.2) is 17.3 Å². The Morgan fingerprint density at radius 3 is 1.84 bits per heavy atom. The standard InChI is InChI=1S/C27H17NO4/c28-24-20(25(29)16-9-3-1-4-10-16)15-21(32-17-11-5-2-6-12-17)22-23(24)27(31)19-14-8-7-13-18(19)26(22)30/h1-15H,28H2. The highest BCUT2D eigenvalue weighted by Gasteiger charge is 2.36. The molecule has 1 aliphatic rings. The lowest BCUT2D eigenvalue weighted by atomic mass is 9.81. The van der Waals surface area contributed by atoms with Crippen molar-refractivity contribution in [1.82, 2.24) is 0 Å². The van der Waals surface area contributed by atoms with Crippen molar-refractivity contribution in [2.75, 3.05) is 5.73 Å². The lowest BCUT2D eigenvalue weighted by Crippen LogP contribution is -2.24. The van der Waals surface area contributed by atoms with Crippen LogP contribution in [-0.2, 0) is 0 Å². The number of carbonyl (C=O) groups is 3. The summed E-state index contributed by atoms with van der Waals surface area (Å²) in [6.45, 7) is 0. The molecule has 0 saturated carbocycles. The predicted octanol–water partition coefficient (Wildman–Crippen LogP) is 5.07. The zero-order chi connectivity index (χ0) is 22.2. The first-order valence-electron chi connectivity index (χ1n) is 10.0. The van der Waals surface area contributed by atoms with E-state index in [4.69, 9.17) is 10.5 Å². The summed E-state index contributed by atoms with van der Waals surface area (Å²) in [5, 5.41) is 0. The number of hydrogen-bond donors (Lipinski definition) is 1. The highest BCUT2D eigenvalue weighted by Crippen LogP contribution is 2.40. The van der Waals surface area contributed by atoms with E-state index in [1.54, 1.807) is 78.9 Å². The monoisotopic (exact) mass is 419 g/mol. The van der Waals surface area contributed by atoms with Crippen LogP contribution in [0.4, 0.5) is 5.69 Å². The third kappa shape index (κ3) is 3.08. The number of nitrogen functional groups attached to an aromatic ring is 1. The summed E-state index contributed by atoms with van der Waals surface area (Å²) in [7, 11) is 0. The fourth-order valence-corrected chi connectivity index (χ4v) is 3.91. The Labute approximate surface area is 184 Å². The van der Waals surface area contributed by atoms with Gasteiger partial charge in [0.25, 0.3) is 0 Å². The van der Waals surface area contributed by atoms with Crippen molar-refractivity contribution in [3.8, 4) is 11.5 Å². The quantitative estimate of drug-likeness (QED) is 0.325. The predicted molar refractivity (Wildman–Crippen MR) is 121 cm³/mol. The molecule has 4 aromatic rings. The summed E-state index contributed by atoms with van der Waals surface area (Å²) in [5.74, 6) is -0.549. The molecule has 0 aliphatic heterocycles. The second kappa shape index (κ2) is 7.63. The maximum Gasteiger partial charge on any atom is 0.198 e. The SMILES string of the molecule is Nc1c(C(=O)c2ccccc2)cc(Oc2ccccc2)c2c1C(=O)c1ccccc1C2=O. The van der Waals surface area contributed by atoms with Gasteiger partial charge in [-0.25, -0.2) is 0 Å². The zero-order valence-electron chi connectivity index (χ0n) is 16.9. The van der Waals surface area contributed by atoms with Crippen LogP contribution in [0.3, 0.4) is 0 Å². The van der Waals surface area contributed by atoms with Crippen molar-refractivity contribution in [2.24, 2.45) is 0 Å². The Kier molecular flexibility index (Phi) is 4.64. The van der Waals surface area contributed by atoms with Gasteiger partial charge in [0, 0.05) is 22.3 Å². The number of ketones is 3. The van der Waals surface area contributed by atoms with Crippen molar-refractivity contribution >= 4 is 23.0 Å². The molecule has 5 rings (SSSR count). The summed E-state index contributed by atoms with van der Waals surface area (Å²) in [6, 6.07) is 25.5. The van der Waals surface area contributed by atoms with Crippen LogP contribution in [0.25, 0.3) is 0 Å². The normalized spacial score (nSPS) is 12.1. The lowest BCUT2D eigenvalue weighted by Gasteiger charge is -2.23. The molecule has 0 fully saturated rings. The molecule has 32 heavy (non-hydrogen) atoms. The van der Waals surface area contributed by atoms with Gasteiger partial charge in [-0.2, -0.15) is 0 Å². The molecule has 0 radical (unpaired) electrons. The number of nitrogens with two attached hydrogens (primary N) is 1. The minimum absolute atomic E-state index is 0.00131. The summed E-state index contributed by atoms with van der Waals surface area (Å²) in [4.78, 5) is 40.0. The molecular weight excluding hydrogens is 402 g/mol. The molecule has 0 saturated heterocycles. The van der Waals surface area contributed by atoms with Crippen LogP contribution >= 0.6 is 0 Å². The Balaban J connectivity index is 1.76. The maximum absolute atomic E-state index is 13.4. The van der Waals surface area contributed by atoms with Gasteiger partial charge in [-0.3, -0.25) is 14.4 Å². The van der Waals surface area contributed by atoms with E-state index in [2.05, 4.69) is 0 Å². The number of ether oxygens (including phenoxy) is 1. The topological polar surface area (TPSA) is 86.5 Å². The fourth-order valence-electron chi connectivity index (χ4n) is 3.91. The van der Waals surface area contributed by atoms with Crippen molar-refractivity contribution in [3.05, 3.63) is 124 Å². The number of fused-ring (bicyclic) bond motifs is 2. The molecule has 0 spiro atoms. The molecule has 0 bridgehead atoms. The van der Waals surface area contributed by atoms with E-state index in [1.807, 2.05) is 6.07 Å². The molecule has 0 unspecified atom stereocenters. The second-order valence-electron chi connectivity index (χ2n) is 7.40. The highest BCUT2D eigenvalue weighted by atomic mass is 16.5. The largest absolute Gasteiger partial charge is 0.457 e. The number of hydrogen-bond acceptors (Lipinski definition) is 5. The molecule has 5 nitrogen and oxygen atoms in total. The minimum atomic E-state index is -0.409. The van der Waals surface area contributed by atoms with Crippen molar-refractivity contribution in [2.45, 2.75) is 0 Å². The molecule has 4 aromatic carbocycles. The smallest absolute Gasteiger partial charge is 0.198 e. The van der Waals surface area contributed by atoms with Gasteiger partial charge < -0.3 is 10.5 Å². The molecule has 0 heterocycles. The molecule has 154 valence electrons. The highest BCUT2D eigenvalue weighted by molar-refractivity contribution is 6.32. The number of benzene rings is 4. The first kappa shape index (κ1) is 19.5. The van der Waals surface area contributed by atoms with Crippen LogP contribution < -0.4 is 10.5 Å². The Morgan fingerprint density at radius 1 is 0.688 bits per heavy atom. The number of anilines is 1. The first-order chi connectivity index (χ1) is 15.6. The van der Waals surface area contributed by atoms with E-state index in [1.165, 1.54) is 6.07 Å². The molecule has 2 N–H and O–H groups in total. The van der Waals surface area contributed by atoms with Crippen molar-refractivity contribution in [1.29, 1.82) is 0 Å².